The Morgan fingerprint density at radius 3 is 2.85 bits per heavy atom. The molecule has 7 heteroatoms. The Balaban J connectivity index is 2.03. The molecule has 0 bridgehead atoms. The number of halogens is 1. The minimum atomic E-state index is -0.435. The van der Waals surface area contributed by atoms with E-state index >= 15 is 0 Å². The summed E-state index contributed by atoms with van der Waals surface area (Å²) in [6.45, 7) is 2.04. The predicted octanol–water partition coefficient (Wildman–Crippen LogP) is 3.93. The highest BCUT2D eigenvalue weighted by atomic mass is 79.9. The van der Waals surface area contributed by atoms with Crippen LogP contribution in [0.3, 0.4) is 0 Å². The Morgan fingerprint density at radius 2 is 2.15 bits per heavy atom. The Kier molecular flexibility index (Phi) is 7.06. The fourth-order valence-corrected chi connectivity index (χ4v) is 2.67. The molecule has 6 nitrogen and oxygen atoms in total. The molecular weight excluding hydrogens is 398 g/mol. The van der Waals surface area contributed by atoms with E-state index in [9.17, 15) is 4.79 Å². The summed E-state index contributed by atoms with van der Waals surface area (Å²) in [4.78, 5) is 11.9. The van der Waals surface area contributed by atoms with Crippen molar-refractivity contribution in [1.82, 2.24) is 5.43 Å². The van der Waals surface area contributed by atoms with Gasteiger partial charge in [0.15, 0.2) is 11.5 Å². The second-order valence-corrected chi connectivity index (χ2v) is 6.02. The van der Waals surface area contributed by atoms with Crippen LogP contribution in [0.2, 0.25) is 0 Å². The lowest BCUT2D eigenvalue weighted by molar-refractivity contribution is 0.252. The first kappa shape index (κ1) is 19.3. The molecule has 0 fully saturated rings. The van der Waals surface area contributed by atoms with Crippen molar-refractivity contribution in [2.24, 2.45) is 5.10 Å². The van der Waals surface area contributed by atoms with Gasteiger partial charge in [-0.25, -0.2) is 10.2 Å². The third-order valence-corrected chi connectivity index (χ3v) is 3.91. The Morgan fingerprint density at radius 1 is 1.38 bits per heavy atom. The van der Waals surface area contributed by atoms with Crippen molar-refractivity contribution in [3.63, 3.8) is 0 Å². The van der Waals surface area contributed by atoms with Gasteiger partial charge in [0, 0.05) is 5.69 Å². The summed E-state index contributed by atoms with van der Waals surface area (Å²) in [6.07, 6.45) is 6.70. The van der Waals surface area contributed by atoms with Crippen LogP contribution in [0.15, 0.2) is 46.0 Å². The smallest absolute Gasteiger partial charge is 0.339 e. The van der Waals surface area contributed by atoms with E-state index < -0.39 is 6.03 Å². The number of nitrogens with zero attached hydrogens (tertiary/aromatic N) is 1. The van der Waals surface area contributed by atoms with Gasteiger partial charge >= 0.3 is 6.03 Å². The Labute approximate surface area is 160 Å². The SMILES string of the molecule is C#CCOc1c(Br)cc(C=NNC(=O)Nc2ccccc2C)cc1OC. The number of carbonyl (C=O) groups excluding carboxylic acids is 1. The zero-order valence-corrected chi connectivity index (χ0v) is 16.0. The van der Waals surface area contributed by atoms with Gasteiger partial charge in [-0.15, -0.1) is 6.42 Å². The monoisotopic (exact) mass is 415 g/mol. The Hall–Kier alpha value is -2.98. The number of nitrogens with one attached hydrogen (secondary N) is 2. The summed E-state index contributed by atoms with van der Waals surface area (Å²) < 4.78 is 11.4. The molecule has 0 saturated heterocycles. The number of rotatable bonds is 6. The maximum atomic E-state index is 11.9. The van der Waals surface area contributed by atoms with Gasteiger partial charge in [0.2, 0.25) is 0 Å². The van der Waals surface area contributed by atoms with Crippen LogP contribution >= 0.6 is 15.9 Å². The number of anilines is 1. The lowest BCUT2D eigenvalue weighted by Crippen LogP contribution is -2.24. The molecule has 2 aromatic rings. The number of amides is 2. The molecule has 0 aliphatic rings. The number of ether oxygens (including phenoxy) is 2. The highest BCUT2D eigenvalue weighted by molar-refractivity contribution is 9.10. The van der Waals surface area contributed by atoms with Gasteiger partial charge in [-0.2, -0.15) is 5.10 Å². The zero-order chi connectivity index (χ0) is 18.9. The first-order valence-electron chi connectivity index (χ1n) is 7.64. The van der Waals surface area contributed by atoms with Crippen molar-refractivity contribution in [1.29, 1.82) is 0 Å². The lowest BCUT2D eigenvalue weighted by atomic mass is 10.2. The first-order chi connectivity index (χ1) is 12.5. The molecule has 2 amide bonds. The minimum Gasteiger partial charge on any atom is -0.493 e. The van der Waals surface area contributed by atoms with Crippen LogP contribution in [-0.2, 0) is 0 Å². The molecule has 0 spiro atoms. The highest BCUT2D eigenvalue weighted by Gasteiger charge is 2.11. The summed E-state index contributed by atoms with van der Waals surface area (Å²) in [7, 11) is 1.53. The number of hydrogen-bond donors (Lipinski definition) is 2. The van der Waals surface area contributed by atoms with Gasteiger partial charge in [-0.05, 0) is 52.2 Å². The number of benzene rings is 2. The van der Waals surface area contributed by atoms with Crippen molar-refractivity contribution >= 4 is 33.9 Å². The maximum absolute atomic E-state index is 11.9. The molecular formula is C19H18BrN3O3. The van der Waals surface area contributed by atoms with E-state index in [0.29, 0.717) is 21.5 Å². The van der Waals surface area contributed by atoms with Crippen molar-refractivity contribution in [2.75, 3.05) is 19.0 Å². The standard InChI is InChI=1S/C19H18BrN3O3/c1-4-9-26-18-15(20)10-14(11-17(18)25-3)12-21-23-19(24)22-16-8-6-5-7-13(16)2/h1,5-8,10-12H,9H2,2-3H3,(H2,22,23,24). The maximum Gasteiger partial charge on any atom is 0.339 e. The van der Waals surface area contributed by atoms with Crippen molar-refractivity contribution < 1.29 is 14.3 Å². The second-order valence-electron chi connectivity index (χ2n) is 5.17. The highest BCUT2D eigenvalue weighted by Crippen LogP contribution is 2.36. The van der Waals surface area contributed by atoms with Crippen molar-refractivity contribution in [2.45, 2.75) is 6.92 Å². The molecule has 2 rings (SSSR count). The van der Waals surface area contributed by atoms with Crippen molar-refractivity contribution in [3.8, 4) is 23.8 Å². The van der Waals surface area contributed by atoms with Crippen LogP contribution < -0.4 is 20.2 Å². The quantitative estimate of drug-likeness (QED) is 0.426. The number of terminal acetylenes is 1. The molecule has 0 atom stereocenters. The van der Waals surface area contributed by atoms with Crippen LogP contribution in [0.1, 0.15) is 11.1 Å². The minimum absolute atomic E-state index is 0.128. The molecule has 134 valence electrons. The molecule has 0 heterocycles. The van der Waals surface area contributed by atoms with Crippen molar-refractivity contribution in [3.05, 3.63) is 52.0 Å². The molecule has 26 heavy (non-hydrogen) atoms. The first-order valence-corrected chi connectivity index (χ1v) is 8.44. The third-order valence-electron chi connectivity index (χ3n) is 3.32. The molecule has 2 aromatic carbocycles. The summed E-state index contributed by atoms with van der Waals surface area (Å²) in [5.74, 6) is 3.41. The van der Waals surface area contributed by atoms with E-state index in [4.69, 9.17) is 15.9 Å². The summed E-state index contributed by atoms with van der Waals surface area (Å²) in [6, 6.07) is 10.5. The average Bonchev–Trinajstić information content (AvgIpc) is 2.62. The average molecular weight is 416 g/mol. The van der Waals surface area contributed by atoms with E-state index in [1.54, 1.807) is 12.1 Å². The zero-order valence-electron chi connectivity index (χ0n) is 14.4. The van der Waals surface area contributed by atoms with Crippen LogP contribution in [0.4, 0.5) is 10.5 Å². The Bertz CT molecular complexity index is 860. The number of para-hydroxylation sites is 1. The molecule has 0 radical (unpaired) electrons. The molecule has 0 aliphatic carbocycles. The summed E-state index contributed by atoms with van der Waals surface area (Å²) >= 11 is 3.41. The predicted molar refractivity (Wildman–Crippen MR) is 106 cm³/mol. The van der Waals surface area contributed by atoms with Gasteiger partial charge in [0.1, 0.15) is 6.61 Å². The number of carbonyl (C=O) groups is 1. The number of hydrogen-bond acceptors (Lipinski definition) is 4. The normalized spacial score (nSPS) is 10.2. The van der Waals surface area contributed by atoms with Crippen LogP contribution in [0, 0.1) is 19.3 Å². The number of aryl methyl sites for hydroxylation is 1. The lowest BCUT2D eigenvalue weighted by Gasteiger charge is -2.11. The van der Waals surface area contributed by atoms with Gasteiger partial charge in [0.25, 0.3) is 0 Å². The second kappa shape index (κ2) is 9.49. The summed E-state index contributed by atoms with van der Waals surface area (Å²) in [5.41, 5.74) is 4.81. The van der Waals surface area contributed by atoms with Gasteiger partial charge in [-0.3, -0.25) is 0 Å². The topological polar surface area (TPSA) is 72.0 Å². The molecule has 0 aliphatic heterocycles. The van der Waals surface area contributed by atoms with E-state index in [2.05, 4.69) is 37.7 Å². The van der Waals surface area contributed by atoms with E-state index in [-0.39, 0.29) is 6.61 Å². The van der Waals surface area contributed by atoms with E-state index in [1.165, 1.54) is 13.3 Å². The third kappa shape index (κ3) is 5.26. The fourth-order valence-electron chi connectivity index (χ4n) is 2.10. The van der Waals surface area contributed by atoms with Crippen LogP contribution in [-0.4, -0.2) is 26.0 Å². The number of hydrazone groups is 1. The largest absolute Gasteiger partial charge is 0.493 e. The molecule has 0 aromatic heterocycles. The fraction of sp³-hybridized carbons (Fsp3) is 0.158. The van der Waals surface area contributed by atoms with E-state index in [1.807, 2.05) is 31.2 Å². The van der Waals surface area contributed by atoms with Crippen LogP contribution in [0.25, 0.3) is 0 Å². The van der Waals surface area contributed by atoms with Gasteiger partial charge < -0.3 is 14.8 Å². The van der Waals surface area contributed by atoms with Gasteiger partial charge in [0.05, 0.1) is 17.8 Å². The number of methoxy groups -OCH3 is 1. The number of urea groups is 1. The van der Waals surface area contributed by atoms with E-state index in [0.717, 1.165) is 11.3 Å². The van der Waals surface area contributed by atoms with Crippen LogP contribution in [0.5, 0.6) is 11.5 Å². The van der Waals surface area contributed by atoms with Gasteiger partial charge in [-0.1, -0.05) is 24.1 Å². The molecule has 0 unspecified atom stereocenters. The summed E-state index contributed by atoms with van der Waals surface area (Å²) in [5, 5.41) is 6.67. The molecule has 2 N–H and O–H groups in total. The molecule has 0 saturated carbocycles.